The number of aliphatic hydroxyl groups is 1. The second-order valence-electron chi connectivity index (χ2n) is 4.68. The topological polar surface area (TPSA) is 47.3 Å². The predicted octanol–water partition coefficient (Wildman–Crippen LogP) is 2.69. The molecule has 4 heteroatoms. The molecule has 0 saturated carbocycles. The first-order chi connectivity index (χ1) is 8.58. The van der Waals surface area contributed by atoms with Gasteiger partial charge in [0.1, 0.15) is 5.82 Å². The zero-order valence-corrected chi connectivity index (χ0v) is 10.9. The Morgan fingerprint density at radius 2 is 2.17 bits per heavy atom. The molecule has 1 rings (SSSR count). The summed E-state index contributed by atoms with van der Waals surface area (Å²) < 4.78 is 13.1. The molecule has 1 N–H and O–H groups in total. The first-order valence-electron chi connectivity index (χ1n) is 6.09. The third-order valence-corrected chi connectivity index (χ3v) is 2.63. The molecular formula is C14H19FN2O. The highest BCUT2D eigenvalue weighted by Crippen LogP contribution is 2.23. The molecule has 1 aromatic carbocycles. The summed E-state index contributed by atoms with van der Waals surface area (Å²) in [5.41, 5.74) is 1.37. The fourth-order valence-corrected chi connectivity index (χ4v) is 1.93. The molecule has 0 heterocycles. The molecule has 0 amide bonds. The maximum atomic E-state index is 13.1. The van der Waals surface area contributed by atoms with E-state index in [2.05, 4.69) is 19.9 Å². The van der Waals surface area contributed by atoms with E-state index < -0.39 is 0 Å². The second-order valence-corrected chi connectivity index (χ2v) is 4.68. The minimum atomic E-state index is -0.354. The van der Waals surface area contributed by atoms with Gasteiger partial charge in [-0.05, 0) is 24.1 Å². The minimum Gasteiger partial charge on any atom is -0.392 e. The van der Waals surface area contributed by atoms with Crippen LogP contribution in [-0.4, -0.2) is 18.2 Å². The number of nitriles is 1. The van der Waals surface area contributed by atoms with Gasteiger partial charge in [-0.3, -0.25) is 0 Å². The van der Waals surface area contributed by atoms with Crippen LogP contribution in [0.25, 0.3) is 0 Å². The van der Waals surface area contributed by atoms with E-state index in [0.29, 0.717) is 24.4 Å². The van der Waals surface area contributed by atoms with Crippen molar-refractivity contribution in [3.63, 3.8) is 0 Å². The summed E-state index contributed by atoms with van der Waals surface area (Å²) in [5.74, 6) is 0.0767. The Hall–Kier alpha value is -1.60. The molecule has 0 aromatic heterocycles. The molecule has 0 bridgehead atoms. The predicted molar refractivity (Wildman–Crippen MR) is 69.6 cm³/mol. The lowest BCUT2D eigenvalue weighted by atomic mass is 10.1. The molecule has 0 unspecified atom stereocenters. The molecule has 18 heavy (non-hydrogen) atoms. The summed E-state index contributed by atoms with van der Waals surface area (Å²) >= 11 is 0. The largest absolute Gasteiger partial charge is 0.392 e. The smallest absolute Gasteiger partial charge is 0.123 e. The van der Waals surface area contributed by atoms with Crippen molar-refractivity contribution in [2.24, 2.45) is 5.92 Å². The van der Waals surface area contributed by atoms with Gasteiger partial charge in [-0.25, -0.2) is 4.39 Å². The van der Waals surface area contributed by atoms with Crippen molar-refractivity contribution in [2.75, 3.05) is 18.0 Å². The highest BCUT2D eigenvalue weighted by atomic mass is 19.1. The average molecular weight is 250 g/mol. The first kappa shape index (κ1) is 14.5. The van der Waals surface area contributed by atoms with E-state index >= 15 is 0 Å². The van der Waals surface area contributed by atoms with Crippen LogP contribution in [0.2, 0.25) is 0 Å². The van der Waals surface area contributed by atoms with Crippen molar-refractivity contribution >= 4 is 5.69 Å². The Balaban J connectivity index is 2.99. The van der Waals surface area contributed by atoms with E-state index in [1.165, 1.54) is 12.1 Å². The van der Waals surface area contributed by atoms with E-state index in [0.717, 1.165) is 12.2 Å². The highest BCUT2D eigenvalue weighted by Gasteiger charge is 2.13. The summed E-state index contributed by atoms with van der Waals surface area (Å²) in [5, 5.41) is 18.0. The Labute approximate surface area is 107 Å². The molecule has 0 radical (unpaired) electrons. The Morgan fingerprint density at radius 1 is 1.44 bits per heavy atom. The van der Waals surface area contributed by atoms with E-state index in [-0.39, 0.29) is 12.4 Å². The molecule has 0 saturated heterocycles. The number of aliphatic hydroxyl groups excluding tert-OH is 1. The highest BCUT2D eigenvalue weighted by molar-refractivity contribution is 5.53. The van der Waals surface area contributed by atoms with Crippen LogP contribution in [0.3, 0.4) is 0 Å². The molecule has 0 fully saturated rings. The fourth-order valence-electron chi connectivity index (χ4n) is 1.93. The number of halogens is 1. The zero-order valence-electron chi connectivity index (χ0n) is 10.9. The fraction of sp³-hybridized carbons (Fsp3) is 0.500. The first-order valence-corrected chi connectivity index (χ1v) is 6.09. The molecule has 0 aliphatic carbocycles. The van der Waals surface area contributed by atoms with Crippen molar-refractivity contribution < 1.29 is 9.50 Å². The van der Waals surface area contributed by atoms with Crippen LogP contribution in [0.1, 0.15) is 25.8 Å². The van der Waals surface area contributed by atoms with Crippen LogP contribution in [0.15, 0.2) is 18.2 Å². The van der Waals surface area contributed by atoms with Crippen LogP contribution in [0.4, 0.5) is 10.1 Å². The van der Waals surface area contributed by atoms with Crippen LogP contribution >= 0.6 is 0 Å². The maximum Gasteiger partial charge on any atom is 0.123 e. The van der Waals surface area contributed by atoms with Crippen molar-refractivity contribution in [3.8, 4) is 6.07 Å². The van der Waals surface area contributed by atoms with Crippen molar-refractivity contribution in [1.29, 1.82) is 5.26 Å². The maximum absolute atomic E-state index is 13.1. The number of hydrogen-bond acceptors (Lipinski definition) is 3. The molecule has 0 aliphatic rings. The van der Waals surface area contributed by atoms with Crippen molar-refractivity contribution in [1.82, 2.24) is 0 Å². The van der Waals surface area contributed by atoms with Crippen LogP contribution in [0, 0.1) is 23.1 Å². The van der Waals surface area contributed by atoms with Gasteiger partial charge < -0.3 is 10.0 Å². The summed E-state index contributed by atoms with van der Waals surface area (Å²) in [4.78, 5) is 2.03. The molecule has 98 valence electrons. The van der Waals surface area contributed by atoms with E-state index in [4.69, 9.17) is 5.26 Å². The van der Waals surface area contributed by atoms with E-state index in [9.17, 15) is 9.50 Å². The second kappa shape index (κ2) is 6.97. The standard InChI is InChI=1S/C14H19FN2O/c1-11(2)9-17(7-3-6-16)14-5-4-13(15)8-12(14)10-18/h4-5,8,11,18H,3,7,9-10H2,1-2H3. The summed E-state index contributed by atoms with van der Waals surface area (Å²) in [6.45, 7) is 5.34. The summed E-state index contributed by atoms with van der Waals surface area (Å²) in [7, 11) is 0. The average Bonchev–Trinajstić information content (AvgIpc) is 2.34. The van der Waals surface area contributed by atoms with E-state index in [1.807, 2.05) is 4.90 Å². The van der Waals surface area contributed by atoms with Gasteiger partial charge in [0.2, 0.25) is 0 Å². The minimum absolute atomic E-state index is 0.200. The van der Waals surface area contributed by atoms with Crippen LogP contribution in [0.5, 0.6) is 0 Å². The van der Waals surface area contributed by atoms with Crippen LogP contribution < -0.4 is 4.90 Å². The summed E-state index contributed by atoms with van der Waals surface area (Å²) in [6, 6.07) is 6.50. The molecule has 0 atom stereocenters. The molecular weight excluding hydrogens is 231 g/mol. The molecule has 1 aromatic rings. The number of anilines is 1. The summed E-state index contributed by atoms with van der Waals surface area (Å²) in [6.07, 6.45) is 0.412. The van der Waals surface area contributed by atoms with Crippen molar-refractivity contribution in [2.45, 2.75) is 26.9 Å². The van der Waals surface area contributed by atoms with Crippen molar-refractivity contribution in [3.05, 3.63) is 29.6 Å². The lowest BCUT2D eigenvalue weighted by Gasteiger charge is -2.27. The SMILES string of the molecule is CC(C)CN(CCC#N)c1ccc(F)cc1CO. The van der Waals surface area contributed by atoms with Gasteiger partial charge in [0.15, 0.2) is 0 Å². The number of rotatable bonds is 6. The lowest BCUT2D eigenvalue weighted by Crippen LogP contribution is -2.29. The van der Waals surface area contributed by atoms with E-state index in [1.54, 1.807) is 6.07 Å². The third kappa shape index (κ3) is 4.01. The van der Waals surface area contributed by atoms with Gasteiger partial charge in [0.05, 0.1) is 19.1 Å². The number of hydrogen-bond donors (Lipinski definition) is 1. The quantitative estimate of drug-likeness (QED) is 0.844. The third-order valence-electron chi connectivity index (χ3n) is 2.63. The van der Waals surface area contributed by atoms with Gasteiger partial charge >= 0.3 is 0 Å². The molecule has 0 aliphatic heterocycles. The zero-order chi connectivity index (χ0) is 13.5. The normalized spacial score (nSPS) is 10.4. The monoisotopic (exact) mass is 250 g/mol. The van der Waals surface area contributed by atoms with Gasteiger partial charge in [-0.15, -0.1) is 0 Å². The van der Waals surface area contributed by atoms with Gasteiger partial charge in [-0.1, -0.05) is 13.8 Å². The van der Waals surface area contributed by atoms with Gasteiger partial charge in [0, 0.05) is 24.3 Å². The lowest BCUT2D eigenvalue weighted by molar-refractivity contribution is 0.281. The Kier molecular flexibility index (Phi) is 5.60. The van der Waals surface area contributed by atoms with Crippen LogP contribution in [-0.2, 0) is 6.61 Å². The van der Waals surface area contributed by atoms with Gasteiger partial charge in [0.25, 0.3) is 0 Å². The number of benzene rings is 1. The molecule has 3 nitrogen and oxygen atoms in total. The Morgan fingerprint density at radius 3 is 2.72 bits per heavy atom. The van der Waals surface area contributed by atoms with Gasteiger partial charge in [-0.2, -0.15) is 5.26 Å². The number of nitrogens with zero attached hydrogens (tertiary/aromatic N) is 2. The Bertz CT molecular complexity index is 426. The molecule has 0 spiro atoms.